The van der Waals surface area contributed by atoms with Crippen LogP contribution in [0.2, 0.25) is 0 Å². The van der Waals surface area contributed by atoms with Crippen LogP contribution in [0, 0.1) is 0 Å². The molecule has 0 radical (unpaired) electrons. The molecule has 3 heteroatoms. The molecule has 2 N–H and O–H groups in total. The molecule has 3 nitrogen and oxygen atoms in total. The standard InChI is InChI=1S/C6H13NO.CH4O/c1-7-6-3-2-4-8-5-6;1-2/h6-7H,2-5H2,1H3;2H,1H3. The molecule has 0 saturated carbocycles. The van der Waals surface area contributed by atoms with Gasteiger partial charge in [0.2, 0.25) is 0 Å². The zero-order valence-electron chi connectivity index (χ0n) is 6.76. The van der Waals surface area contributed by atoms with Gasteiger partial charge in [0.05, 0.1) is 6.61 Å². The van der Waals surface area contributed by atoms with E-state index >= 15 is 0 Å². The molecular formula is C7H17NO2. The maximum Gasteiger partial charge on any atom is 0.0619 e. The Bertz CT molecular complexity index is 62.6. The van der Waals surface area contributed by atoms with E-state index in [-0.39, 0.29) is 0 Å². The fourth-order valence-corrected chi connectivity index (χ4v) is 0.968. The van der Waals surface area contributed by atoms with Crippen molar-refractivity contribution in [3.05, 3.63) is 0 Å². The van der Waals surface area contributed by atoms with Gasteiger partial charge in [0.1, 0.15) is 0 Å². The number of hydrogen-bond donors (Lipinski definition) is 2. The minimum absolute atomic E-state index is 0.615. The number of aliphatic hydroxyl groups excluding tert-OH is 1. The van der Waals surface area contributed by atoms with E-state index in [1.165, 1.54) is 12.8 Å². The average Bonchev–Trinajstić information content (AvgIpc) is 2.10. The van der Waals surface area contributed by atoms with Crippen LogP contribution in [0.15, 0.2) is 0 Å². The van der Waals surface area contributed by atoms with E-state index in [9.17, 15) is 0 Å². The van der Waals surface area contributed by atoms with Gasteiger partial charge in [-0.1, -0.05) is 0 Å². The van der Waals surface area contributed by atoms with Crippen LogP contribution in [0.5, 0.6) is 0 Å². The van der Waals surface area contributed by atoms with Crippen molar-refractivity contribution in [1.82, 2.24) is 5.32 Å². The third kappa shape index (κ3) is 3.82. The van der Waals surface area contributed by atoms with Crippen LogP contribution < -0.4 is 5.32 Å². The van der Waals surface area contributed by atoms with Gasteiger partial charge in [-0.3, -0.25) is 0 Å². The van der Waals surface area contributed by atoms with Crippen LogP contribution in [-0.4, -0.2) is 38.5 Å². The molecule has 1 aliphatic heterocycles. The van der Waals surface area contributed by atoms with Crippen molar-refractivity contribution in [3.63, 3.8) is 0 Å². The predicted molar refractivity (Wildman–Crippen MR) is 41.0 cm³/mol. The summed E-state index contributed by atoms with van der Waals surface area (Å²) in [6.07, 6.45) is 2.49. The van der Waals surface area contributed by atoms with E-state index < -0.39 is 0 Å². The fourth-order valence-electron chi connectivity index (χ4n) is 0.968. The number of nitrogens with one attached hydrogen (secondary N) is 1. The highest BCUT2D eigenvalue weighted by Gasteiger charge is 2.09. The van der Waals surface area contributed by atoms with E-state index in [1.54, 1.807) is 0 Å². The summed E-state index contributed by atoms with van der Waals surface area (Å²) in [5.74, 6) is 0. The second kappa shape index (κ2) is 6.99. The van der Waals surface area contributed by atoms with Crippen LogP contribution in [-0.2, 0) is 4.74 Å². The minimum Gasteiger partial charge on any atom is -0.400 e. The molecule has 0 bridgehead atoms. The largest absolute Gasteiger partial charge is 0.400 e. The second-order valence-electron chi connectivity index (χ2n) is 2.20. The lowest BCUT2D eigenvalue weighted by atomic mass is 10.1. The summed E-state index contributed by atoms with van der Waals surface area (Å²) < 4.78 is 5.21. The summed E-state index contributed by atoms with van der Waals surface area (Å²) in [5, 5.41) is 10.2. The van der Waals surface area contributed by atoms with Gasteiger partial charge in [0, 0.05) is 19.8 Å². The van der Waals surface area contributed by atoms with Crippen molar-refractivity contribution in [1.29, 1.82) is 0 Å². The first-order valence-corrected chi connectivity index (χ1v) is 3.63. The average molecular weight is 147 g/mol. The molecule has 0 aromatic heterocycles. The molecule has 1 rings (SSSR count). The van der Waals surface area contributed by atoms with Crippen LogP contribution in [0.1, 0.15) is 12.8 Å². The molecule has 0 amide bonds. The Morgan fingerprint density at radius 3 is 2.50 bits per heavy atom. The van der Waals surface area contributed by atoms with Gasteiger partial charge in [-0.25, -0.2) is 0 Å². The maximum absolute atomic E-state index is 7.00. The van der Waals surface area contributed by atoms with Crippen LogP contribution in [0.25, 0.3) is 0 Å². The molecule has 1 saturated heterocycles. The molecule has 1 fully saturated rings. The van der Waals surface area contributed by atoms with Crippen molar-refractivity contribution in [2.45, 2.75) is 18.9 Å². The molecule has 1 atom stereocenters. The molecule has 0 aliphatic carbocycles. The summed E-state index contributed by atoms with van der Waals surface area (Å²) in [6, 6.07) is 0.615. The number of likely N-dealkylation sites (N-methyl/N-ethyl adjacent to an activating group) is 1. The summed E-state index contributed by atoms with van der Waals surface area (Å²) in [7, 11) is 2.99. The molecular weight excluding hydrogens is 130 g/mol. The lowest BCUT2D eigenvalue weighted by Gasteiger charge is -2.20. The molecule has 10 heavy (non-hydrogen) atoms. The second-order valence-corrected chi connectivity index (χ2v) is 2.20. The molecule has 1 aliphatic rings. The van der Waals surface area contributed by atoms with Gasteiger partial charge in [-0.05, 0) is 19.9 Å². The Morgan fingerprint density at radius 2 is 2.20 bits per heavy atom. The van der Waals surface area contributed by atoms with Gasteiger partial charge in [0.15, 0.2) is 0 Å². The molecule has 0 spiro atoms. The lowest BCUT2D eigenvalue weighted by molar-refractivity contribution is 0.0730. The van der Waals surface area contributed by atoms with Crippen molar-refractivity contribution < 1.29 is 9.84 Å². The van der Waals surface area contributed by atoms with Crippen molar-refractivity contribution >= 4 is 0 Å². The first-order chi connectivity index (χ1) is 4.93. The number of hydrogen-bond acceptors (Lipinski definition) is 3. The first-order valence-electron chi connectivity index (χ1n) is 3.63. The highest BCUT2D eigenvalue weighted by Crippen LogP contribution is 2.03. The quantitative estimate of drug-likeness (QED) is 0.548. The van der Waals surface area contributed by atoms with Crippen molar-refractivity contribution in [2.24, 2.45) is 0 Å². The highest BCUT2D eigenvalue weighted by atomic mass is 16.5. The monoisotopic (exact) mass is 147 g/mol. The SMILES string of the molecule is CNC1CCCOC1.CO. The molecule has 62 valence electrons. The van der Waals surface area contributed by atoms with Gasteiger partial charge < -0.3 is 15.2 Å². The van der Waals surface area contributed by atoms with E-state index in [2.05, 4.69) is 5.32 Å². The minimum atomic E-state index is 0.615. The summed E-state index contributed by atoms with van der Waals surface area (Å²) >= 11 is 0. The molecule has 0 aromatic rings. The lowest BCUT2D eigenvalue weighted by Crippen LogP contribution is -2.33. The number of ether oxygens (including phenoxy) is 1. The number of aliphatic hydroxyl groups is 1. The van der Waals surface area contributed by atoms with Crippen LogP contribution >= 0.6 is 0 Å². The van der Waals surface area contributed by atoms with Crippen LogP contribution in [0.3, 0.4) is 0 Å². The zero-order chi connectivity index (χ0) is 7.82. The fraction of sp³-hybridized carbons (Fsp3) is 1.00. The highest BCUT2D eigenvalue weighted by molar-refractivity contribution is 4.66. The van der Waals surface area contributed by atoms with E-state index in [0.717, 1.165) is 20.3 Å². The van der Waals surface area contributed by atoms with E-state index in [1.807, 2.05) is 7.05 Å². The summed E-state index contributed by atoms with van der Waals surface area (Å²) in [4.78, 5) is 0. The topological polar surface area (TPSA) is 41.5 Å². The third-order valence-electron chi connectivity index (χ3n) is 1.57. The Morgan fingerprint density at radius 1 is 1.50 bits per heavy atom. The van der Waals surface area contributed by atoms with Gasteiger partial charge in [-0.2, -0.15) is 0 Å². The normalized spacial score (nSPS) is 24.9. The Labute approximate surface area is 62.4 Å². The van der Waals surface area contributed by atoms with Crippen LogP contribution in [0.4, 0.5) is 0 Å². The summed E-state index contributed by atoms with van der Waals surface area (Å²) in [6.45, 7) is 1.86. The summed E-state index contributed by atoms with van der Waals surface area (Å²) in [5.41, 5.74) is 0. The van der Waals surface area contributed by atoms with Gasteiger partial charge in [-0.15, -0.1) is 0 Å². The first kappa shape index (κ1) is 9.88. The maximum atomic E-state index is 7.00. The number of rotatable bonds is 1. The Hall–Kier alpha value is -0.120. The Kier molecular flexibility index (Phi) is 6.91. The van der Waals surface area contributed by atoms with E-state index in [0.29, 0.717) is 6.04 Å². The van der Waals surface area contributed by atoms with E-state index in [4.69, 9.17) is 9.84 Å². The predicted octanol–water partition coefficient (Wildman–Crippen LogP) is -0.00670. The Balaban J connectivity index is 0.000000371. The van der Waals surface area contributed by atoms with Crippen molar-refractivity contribution in [2.75, 3.05) is 27.4 Å². The smallest absolute Gasteiger partial charge is 0.0619 e. The van der Waals surface area contributed by atoms with Gasteiger partial charge >= 0.3 is 0 Å². The third-order valence-corrected chi connectivity index (χ3v) is 1.57. The van der Waals surface area contributed by atoms with Gasteiger partial charge in [0.25, 0.3) is 0 Å². The molecule has 0 aromatic carbocycles. The zero-order valence-corrected chi connectivity index (χ0v) is 6.76. The molecule has 1 unspecified atom stereocenters. The molecule has 1 heterocycles. The van der Waals surface area contributed by atoms with Crippen molar-refractivity contribution in [3.8, 4) is 0 Å².